The Morgan fingerprint density at radius 2 is 1.43 bits per heavy atom. The van der Waals surface area contributed by atoms with Gasteiger partial charge in [-0.1, -0.05) is 57.6 Å². The molecule has 0 amide bonds. The number of allylic oxidation sites excluding steroid dienone is 1. The Kier molecular flexibility index (Phi) is 13.0. The van der Waals surface area contributed by atoms with Crippen molar-refractivity contribution in [2.45, 2.75) is 58.3 Å². The molecular weight excluding hydrogens is 356 g/mol. The van der Waals surface area contributed by atoms with Crippen LogP contribution in [0.4, 0.5) is 0 Å². The predicted molar refractivity (Wildman–Crippen MR) is 110 cm³/mol. The maximum absolute atomic E-state index is 11.7. The quantitative estimate of drug-likeness (QED) is 0.140. The summed E-state index contributed by atoms with van der Waals surface area (Å²) in [5, 5.41) is 0. The van der Waals surface area contributed by atoms with Gasteiger partial charge in [-0.15, -0.1) is 0 Å². The molecule has 0 aliphatic rings. The van der Waals surface area contributed by atoms with Gasteiger partial charge in [0.25, 0.3) is 0 Å². The molecule has 0 saturated carbocycles. The van der Waals surface area contributed by atoms with Gasteiger partial charge in [-0.3, -0.25) is 0 Å². The molecule has 0 spiro atoms. The molecule has 0 aliphatic heterocycles. The summed E-state index contributed by atoms with van der Waals surface area (Å²) in [4.78, 5) is 23.2. The van der Waals surface area contributed by atoms with Crippen LogP contribution in [0.2, 0.25) is 0 Å². The zero-order chi connectivity index (χ0) is 20.5. The molecule has 0 radical (unpaired) electrons. The van der Waals surface area contributed by atoms with Crippen molar-refractivity contribution in [3.63, 3.8) is 0 Å². The summed E-state index contributed by atoms with van der Waals surface area (Å²) in [6, 6.07) is 6.58. The molecule has 0 bridgehead atoms. The third kappa shape index (κ3) is 11.9. The molecule has 1 aromatic rings. The van der Waals surface area contributed by atoms with E-state index in [0.29, 0.717) is 11.5 Å². The molecule has 1 aromatic carbocycles. The minimum Gasteiger partial charge on any atom is -0.497 e. The van der Waals surface area contributed by atoms with Gasteiger partial charge < -0.3 is 14.2 Å². The Balaban J connectivity index is 2.10. The number of ether oxygens (including phenoxy) is 3. The maximum Gasteiger partial charge on any atom is 0.336 e. The molecule has 0 unspecified atom stereocenters. The minimum absolute atomic E-state index is 0.202. The largest absolute Gasteiger partial charge is 0.497 e. The van der Waals surface area contributed by atoms with Crippen LogP contribution >= 0.6 is 0 Å². The first-order valence-electron chi connectivity index (χ1n) is 10.0. The number of methoxy groups -OCH3 is 1. The summed E-state index contributed by atoms with van der Waals surface area (Å²) in [7, 11) is 1.56. The molecule has 0 heterocycles. The van der Waals surface area contributed by atoms with Gasteiger partial charge in [0.15, 0.2) is 0 Å². The van der Waals surface area contributed by atoms with Crippen LogP contribution < -0.4 is 9.47 Å². The van der Waals surface area contributed by atoms with E-state index in [0.717, 1.165) is 25.0 Å². The normalized spacial score (nSPS) is 11.1. The van der Waals surface area contributed by atoms with Crippen LogP contribution in [0.3, 0.4) is 0 Å². The fraction of sp³-hybridized carbons (Fsp3) is 0.478. The Hall–Kier alpha value is -2.56. The number of carbonyl (C=O) groups is 2. The molecule has 0 saturated heterocycles. The van der Waals surface area contributed by atoms with Crippen LogP contribution in [0, 0.1) is 0 Å². The summed E-state index contributed by atoms with van der Waals surface area (Å²) in [6.07, 6.45) is 15.9. The standard InChI is InChI=1S/C23H32O5/c1-3-4-5-6-7-8-9-10-11-12-19-27-22(24)17-18-23(25)28-21-15-13-20(26-2)14-16-21/h11-18H,3-10,19H2,1-2H3/b12-11+,18-17+. The zero-order valence-corrected chi connectivity index (χ0v) is 17.0. The second kappa shape index (κ2) is 15.5. The van der Waals surface area contributed by atoms with E-state index < -0.39 is 11.9 Å². The third-order valence-electron chi connectivity index (χ3n) is 4.10. The van der Waals surface area contributed by atoms with Crippen molar-refractivity contribution in [2.75, 3.05) is 13.7 Å². The van der Waals surface area contributed by atoms with Crippen LogP contribution in [0.5, 0.6) is 11.5 Å². The fourth-order valence-corrected chi connectivity index (χ4v) is 2.51. The monoisotopic (exact) mass is 388 g/mol. The van der Waals surface area contributed by atoms with E-state index >= 15 is 0 Å². The molecule has 1 rings (SSSR count). The molecule has 0 aliphatic carbocycles. The third-order valence-corrected chi connectivity index (χ3v) is 4.10. The number of rotatable bonds is 14. The van der Waals surface area contributed by atoms with E-state index in [9.17, 15) is 9.59 Å². The topological polar surface area (TPSA) is 61.8 Å². The molecule has 154 valence electrons. The summed E-state index contributed by atoms with van der Waals surface area (Å²) in [6.45, 7) is 2.43. The van der Waals surface area contributed by atoms with Crippen LogP contribution in [-0.2, 0) is 14.3 Å². The van der Waals surface area contributed by atoms with E-state index in [4.69, 9.17) is 14.2 Å². The smallest absolute Gasteiger partial charge is 0.336 e. The van der Waals surface area contributed by atoms with E-state index in [1.807, 2.05) is 12.2 Å². The maximum atomic E-state index is 11.7. The second-order valence-corrected chi connectivity index (χ2v) is 6.44. The van der Waals surface area contributed by atoms with Gasteiger partial charge in [0.2, 0.25) is 0 Å². The number of hydrogen-bond donors (Lipinski definition) is 0. The number of benzene rings is 1. The van der Waals surface area contributed by atoms with Gasteiger partial charge in [0.1, 0.15) is 18.1 Å². The van der Waals surface area contributed by atoms with Crippen LogP contribution in [0.25, 0.3) is 0 Å². The lowest BCUT2D eigenvalue weighted by Gasteiger charge is -2.02. The molecule has 5 heteroatoms. The summed E-state index contributed by atoms with van der Waals surface area (Å²) in [5.41, 5.74) is 0. The highest BCUT2D eigenvalue weighted by molar-refractivity contribution is 5.92. The van der Waals surface area contributed by atoms with E-state index in [2.05, 4.69) is 6.92 Å². The van der Waals surface area contributed by atoms with Gasteiger partial charge in [0, 0.05) is 12.2 Å². The Morgan fingerprint density at radius 1 is 0.821 bits per heavy atom. The van der Waals surface area contributed by atoms with Gasteiger partial charge in [-0.25, -0.2) is 9.59 Å². The molecule has 28 heavy (non-hydrogen) atoms. The van der Waals surface area contributed by atoms with Crippen molar-refractivity contribution < 1.29 is 23.8 Å². The molecule has 0 aromatic heterocycles. The summed E-state index contributed by atoms with van der Waals surface area (Å²) >= 11 is 0. The van der Waals surface area contributed by atoms with Crippen molar-refractivity contribution >= 4 is 11.9 Å². The minimum atomic E-state index is -0.642. The number of hydrogen-bond acceptors (Lipinski definition) is 5. The highest BCUT2D eigenvalue weighted by Crippen LogP contribution is 2.17. The van der Waals surface area contributed by atoms with Crippen LogP contribution in [0.15, 0.2) is 48.6 Å². The van der Waals surface area contributed by atoms with Gasteiger partial charge in [0.05, 0.1) is 7.11 Å². The first-order valence-corrected chi connectivity index (χ1v) is 10.0. The average Bonchev–Trinajstić information content (AvgIpc) is 2.71. The van der Waals surface area contributed by atoms with Crippen LogP contribution in [0.1, 0.15) is 58.3 Å². The Bertz CT molecular complexity index is 616. The second-order valence-electron chi connectivity index (χ2n) is 6.44. The van der Waals surface area contributed by atoms with Crippen molar-refractivity contribution in [2.24, 2.45) is 0 Å². The lowest BCUT2D eigenvalue weighted by Crippen LogP contribution is -2.06. The van der Waals surface area contributed by atoms with Crippen molar-refractivity contribution in [3.05, 3.63) is 48.6 Å². The number of unbranched alkanes of at least 4 members (excludes halogenated alkanes) is 7. The molecule has 0 atom stereocenters. The molecular formula is C23H32O5. The van der Waals surface area contributed by atoms with E-state index in [1.54, 1.807) is 31.4 Å². The first kappa shape index (κ1) is 23.5. The average molecular weight is 389 g/mol. The first-order chi connectivity index (χ1) is 13.7. The molecule has 5 nitrogen and oxygen atoms in total. The zero-order valence-electron chi connectivity index (χ0n) is 17.0. The van der Waals surface area contributed by atoms with Gasteiger partial charge in [-0.05, 0) is 37.1 Å². The van der Waals surface area contributed by atoms with E-state index in [1.165, 1.54) is 38.5 Å². The number of esters is 2. The highest BCUT2D eigenvalue weighted by atomic mass is 16.5. The van der Waals surface area contributed by atoms with Gasteiger partial charge >= 0.3 is 11.9 Å². The van der Waals surface area contributed by atoms with Crippen LogP contribution in [-0.4, -0.2) is 25.7 Å². The SMILES string of the molecule is CCCCCCCCC/C=C/COC(=O)/C=C/C(=O)Oc1ccc(OC)cc1. The predicted octanol–water partition coefficient (Wildman–Crippen LogP) is 5.40. The Morgan fingerprint density at radius 3 is 2.11 bits per heavy atom. The highest BCUT2D eigenvalue weighted by Gasteiger charge is 2.03. The molecule has 0 fully saturated rings. The summed E-state index contributed by atoms with van der Waals surface area (Å²) in [5.74, 6) is -0.181. The fourth-order valence-electron chi connectivity index (χ4n) is 2.51. The Labute approximate surface area is 168 Å². The van der Waals surface area contributed by atoms with Gasteiger partial charge in [-0.2, -0.15) is 0 Å². The van der Waals surface area contributed by atoms with Crippen molar-refractivity contribution in [3.8, 4) is 11.5 Å². The van der Waals surface area contributed by atoms with Crippen molar-refractivity contribution in [1.29, 1.82) is 0 Å². The lowest BCUT2D eigenvalue weighted by atomic mass is 10.1. The van der Waals surface area contributed by atoms with E-state index in [-0.39, 0.29) is 6.61 Å². The summed E-state index contributed by atoms with van der Waals surface area (Å²) < 4.78 is 15.1. The lowest BCUT2D eigenvalue weighted by molar-refractivity contribution is -0.137. The molecule has 0 N–H and O–H groups in total. The number of carbonyl (C=O) groups excluding carboxylic acids is 2. The van der Waals surface area contributed by atoms with Crippen molar-refractivity contribution in [1.82, 2.24) is 0 Å².